The number of nitro groups is 1. The molecule has 24 heavy (non-hydrogen) atoms. The molecule has 0 spiro atoms. The number of phosphoric ester groups is 1. The van der Waals surface area contributed by atoms with Crippen molar-refractivity contribution in [2.24, 2.45) is 0 Å². The molecule has 0 saturated heterocycles. The Balaban J connectivity index is 3.02. The second-order valence-corrected chi connectivity index (χ2v) is 6.59. The zero-order valence-corrected chi connectivity index (χ0v) is 14.6. The van der Waals surface area contributed by atoms with E-state index in [0.29, 0.717) is 18.4 Å². The monoisotopic (exact) mass is 360 g/mol. The second kappa shape index (κ2) is 8.89. The Morgan fingerprint density at radius 2 is 2.17 bits per heavy atom. The largest absolute Gasteiger partial charge is 0.472 e. The number of amides is 1. The number of carbonyl (C=O) groups is 1. The highest BCUT2D eigenvalue weighted by atomic mass is 31.2. The molecule has 0 aliphatic carbocycles. The van der Waals surface area contributed by atoms with Gasteiger partial charge in [-0.2, -0.15) is 0 Å². The summed E-state index contributed by atoms with van der Waals surface area (Å²) in [6, 6.07) is 4.24. The lowest BCUT2D eigenvalue weighted by Crippen LogP contribution is -2.22. The summed E-state index contributed by atoms with van der Waals surface area (Å²) in [6.07, 6.45) is 0.0544. The molecule has 0 aliphatic heterocycles. The number of carbonyl (C=O) groups excluding carboxylic acids is 1. The minimum Gasteiger partial charge on any atom is -0.352 e. The van der Waals surface area contributed by atoms with E-state index in [-0.39, 0.29) is 23.7 Å². The molecule has 1 aromatic carbocycles. The van der Waals surface area contributed by atoms with Gasteiger partial charge >= 0.3 is 7.82 Å². The minimum atomic E-state index is -4.29. The summed E-state index contributed by atoms with van der Waals surface area (Å²) in [6.45, 7) is 3.48. The highest BCUT2D eigenvalue weighted by molar-refractivity contribution is 7.47. The molecule has 2 unspecified atom stereocenters. The summed E-state index contributed by atoms with van der Waals surface area (Å²) in [5, 5.41) is 13.8. The molecule has 1 amide bonds. The van der Waals surface area contributed by atoms with Crippen molar-refractivity contribution in [3.05, 3.63) is 39.4 Å². The Morgan fingerprint density at radius 3 is 2.71 bits per heavy atom. The first-order chi connectivity index (χ1) is 11.2. The van der Waals surface area contributed by atoms with Crippen LogP contribution in [0, 0.1) is 10.1 Å². The van der Waals surface area contributed by atoms with Crippen molar-refractivity contribution in [1.82, 2.24) is 5.32 Å². The van der Waals surface area contributed by atoms with Gasteiger partial charge in [-0.15, -0.1) is 0 Å². The SMILES string of the molecule is CCCC(=O)NCc1ccc([N+](=O)[O-])c(C(C)OP(=O)(O)OC)c1. The molecule has 1 aromatic rings. The molecule has 0 aromatic heterocycles. The Morgan fingerprint density at radius 1 is 1.50 bits per heavy atom. The molecule has 0 saturated carbocycles. The molecular weight excluding hydrogens is 339 g/mol. The lowest BCUT2D eigenvalue weighted by molar-refractivity contribution is -0.386. The molecule has 134 valence electrons. The van der Waals surface area contributed by atoms with E-state index in [1.54, 1.807) is 0 Å². The number of hydrogen-bond donors (Lipinski definition) is 2. The number of nitro benzene ring substituents is 1. The number of rotatable bonds is 9. The van der Waals surface area contributed by atoms with Gasteiger partial charge < -0.3 is 10.2 Å². The molecule has 0 aliphatic rings. The van der Waals surface area contributed by atoms with Crippen molar-refractivity contribution in [1.29, 1.82) is 0 Å². The predicted octanol–water partition coefficient (Wildman–Crippen LogP) is 2.84. The van der Waals surface area contributed by atoms with Gasteiger partial charge in [-0.05, 0) is 25.0 Å². The highest BCUT2D eigenvalue weighted by Gasteiger charge is 2.28. The van der Waals surface area contributed by atoms with Crippen LogP contribution in [0.25, 0.3) is 0 Å². The fourth-order valence-corrected chi connectivity index (χ4v) is 2.62. The van der Waals surface area contributed by atoms with Crippen molar-refractivity contribution in [2.75, 3.05) is 7.11 Å². The van der Waals surface area contributed by atoms with Crippen molar-refractivity contribution >= 4 is 19.4 Å². The van der Waals surface area contributed by atoms with Gasteiger partial charge in [-0.25, -0.2) is 4.57 Å². The van der Waals surface area contributed by atoms with E-state index in [1.165, 1.54) is 25.1 Å². The average Bonchev–Trinajstić information content (AvgIpc) is 2.52. The van der Waals surface area contributed by atoms with E-state index in [1.807, 2.05) is 6.92 Å². The Hall–Kier alpha value is -1.80. The van der Waals surface area contributed by atoms with Crippen LogP contribution in [-0.4, -0.2) is 22.8 Å². The van der Waals surface area contributed by atoms with Gasteiger partial charge in [0.05, 0.1) is 16.6 Å². The van der Waals surface area contributed by atoms with E-state index in [4.69, 9.17) is 4.52 Å². The van der Waals surface area contributed by atoms with E-state index in [0.717, 1.165) is 7.11 Å². The van der Waals surface area contributed by atoms with E-state index >= 15 is 0 Å². The number of nitrogens with one attached hydrogen (secondary N) is 1. The van der Waals surface area contributed by atoms with Gasteiger partial charge in [0, 0.05) is 26.1 Å². The molecule has 0 heterocycles. The standard InChI is InChI=1S/C14H21N2O7P/c1-4-5-14(17)15-9-11-6-7-13(16(18)19)12(8-11)10(2)23-24(20,21)22-3/h6-8,10H,4-5,9H2,1-3H3,(H,15,17)(H,20,21). The zero-order valence-electron chi connectivity index (χ0n) is 13.7. The van der Waals surface area contributed by atoms with Crippen LogP contribution in [0.3, 0.4) is 0 Å². The third kappa shape index (κ3) is 6.01. The van der Waals surface area contributed by atoms with Gasteiger partial charge in [0.25, 0.3) is 5.69 Å². The Labute approximate surface area is 139 Å². The lowest BCUT2D eigenvalue weighted by Gasteiger charge is -2.17. The van der Waals surface area contributed by atoms with Gasteiger partial charge in [0.15, 0.2) is 0 Å². The Kier molecular flexibility index (Phi) is 7.50. The normalized spacial score (nSPS) is 14.7. The zero-order chi connectivity index (χ0) is 18.3. The maximum absolute atomic E-state index is 11.5. The molecule has 0 bridgehead atoms. The quantitative estimate of drug-likeness (QED) is 0.393. The maximum atomic E-state index is 11.5. The van der Waals surface area contributed by atoms with Gasteiger partial charge in [-0.1, -0.05) is 13.0 Å². The van der Waals surface area contributed by atoms with E-state index < -0.39 is 18.8 Å². The summed E-state index contributed by atoms with van der Waals surface area (Å²) in [5.74, 6) is -0.124. The highest BCUT2D eigenvalue weighted by Crippen LogP contribution is 2.48. The van der Waals surface area contributed by atoms with Crippen molar-refractivity contribution in [2.45, 2.75) is 39.3 Å². The smallest absolute Gasteiger partial charge is 0.352 e. The first-order valence-corrected chi connectivity index (χ1v) is 8.80. The van der Waals surface area contributed by atoms with Gasteiger partial charge in [0.1, 0.15) is 0 Å². The summed E-state index contributed by atoms with van der Waals surface area (Å²) < 4.78 is 20.7. The summed E-state index contributed by atoms with van der Waals surface area (Å²) in [5.41, 5.74) is 0.483. The van der Waals surface area contributed by atoms with E-state index in [9.17, 15) is 24.4 Å². The first-order valence-electron chi connectivity index (χ1n) is 7.31. The van der Waals surface area contributed by atoms with Gasteiger partial charge in [-0.3, -0.25) is 24.0 Å². The van der Waals surface area contributed by atoms with Crippen LogP contribution in [-0.2, 0) is 25.0 Å². The molecule has 0 fully saturated rings. The molecular formula is C14H21N2O7P. The lowest BCUT2D eigenvalue weighted by atomic mass is 10.0. The predicted molar refractivity (Wildman–Crippen MR) is 86.2 cm³/mol. The topological polar surface area (TPSA) is 128 Å². The molecule has 9 nitrogen and oxygen atoms in total. The molecule has 2 N–H and O–H groups in total. The van der Waals surface area contributed by atoms with Crippen LogP contribution in [0.5, 0.6) is 0 Å². The molecule has 10 heteroatoms. The minimum absolute atomic E-state index is 0.119. The van der Waals surface area contributed by atoms with Crippen LogP contribution in [0.2, 0.25) is 0 Å². The third-order valence-corrected chi connectivity index (χ3v) is 4.26. The third-order valence-electron chi connectivity index (χ3n) is 3.22. The van der Waals surface area contributed by atoms with Crippen LogP contribution in [0.15, 0.2) is 18.2 Å². The second-order valence-electron chi connectivity index (χ2n) is 5.08. The fraction of sp³-hybridized carbons (Fsp3) is 0.500. The summed E-state index contributed by atoms with van der Waals surface area (Å²) in [7, 11) is -3.29. The fourth-order valence-electron chi connectivity index (χ4n) is 2.02. The first kappa shape index (κ1) is 20.2. The molecule has 1 rings (SSSR count). The molecule has 2 atom stereocenters. The van der Waals surface area contributed by atoms with Crippen molar-refractivity contribution in [3.8, 4) is 0 Å². The van der Waals surface area contributed by atoms with Crippen LogP contribution >= 0.6 is 7.82 Å². The number of nitrogens with zero attached hydrogens (tertiary/aromatic N) is 1. The number of phosphoric acid groups is 1. The van der Waals surface area contributed by atoms with Crippen molar-refractivity contribution in [3.63, 3.8) is 0 Å². The summed E-state index contributed by atoms with van der Waals surface area (Å²) >= 11 is 0. The van der Waals surface area contributed by atoms with Crippen LogP contribution in [0.4, 0.5) is 5.69 Å². The van der Waals surface area contributed by atoms with E-state index in [2.05, 4.69) is 9.84 Å². The number of benzene rings is 1. The maximum Gasteiger partial charge on any atom is 0.472 e. The van der Waals surface area contributed by atoms with Gasteiger partial charge in [0.2, 0.25) is 5.91 Å². The summed E-state index contributed by atoms with van der Waals surface area (Å²) in [4.78, 5) is 31.4. The average molecular weight is 360 g/mol. The van der Waals surface area contributed by atoms with Crippen molar-refractivity contribution < 1.29 is 28.2 Å². The molecule has 0 radical (unpaired) electrons. The Bertz CT molecular complexity index is 650. The van der Waals surface area contributed by atoms with Crippen LogP contribution < -0.4 is 5.32 Å². The number of hydrogen-bond acceptors (Lipinski definition) is 6. The van der Waals surface area contributed by atoms with Crippen LogP contribution in [0.1, 0.15) is 43.9 Å².